The highest BCUT2D eigenvalue weighted by atomic mass is 35.5. The second-order valence-corrected chi connectivity index (χ2v) is 4.92. The fraction of sp³-hybridized carbons (Fsp3) is 0.462. The zero-order chi connectivity index (χ0) is 13.1. The Bertz CT molecular complexity index is 423. The third-order valence-electron chi connectivity index (χ3n) is 3.01. The predicted molar refractivity (Wildman–Crippen MR) is 77.6 cm³/mol. The van der Waals surface area contributed by atoms with Crippen LogP contribution in [0.3, 0.4) is 0 Å². The smallest absolute Gasteiger partial charge is 0.239 e. The molecule has 4 nitrogen and oxygen atoms in total. The van der Waals surface area contributed by atoms with E-state index in [2.05, 4.69) is 0 Å². The van der Waals surface area contributed by atoms with Crippen LogP contribution in [-0.2, 0) is 9.53 Å². The van der Waals surface area contributed by atoms with Gasteiger partial charge in [-0.1, -0.05) is 23.7 Å². The first-order valence-electron chi connectivity index (χ1n) is 5.99. The van der Waals surface area contributed by atoms with Gasteiger partial charge in [-0.2, -0.15) is 0 Å². The number of ether oxygens (including phenoxy) is 1. The highest BCUT2D eigenvalue weighted by molar-refractivity contribution is 6.30. The van der Waals surface area contributed by atoms with Gasteiger partial charge in [0.25, 0.3) is 0 Å². The topological polar surface area (TPSA) is 55.6 Å². The minimum Gasteiger partial charge on any atom is -0.370 e. The van der Waals surface area contributed by atoms with Gasteiger partial charge in [0.15, 0.2) is 0 Å². The van der Waals surface area contributed by atoms with Crippen LogP contribution in [0.5, 0.6) is 0 Å². The summed E-state index contributed by atoms with van der Waals surface area (Å²) in [5.41, 5.74) is 6.65. The molecule has 0 spiro atoms. The highest BCUT2D eigenvalue weighted by Crippen LogP contribution is 2.23. The number of carbonyl (C=O) groups is 1. The van der Waals surface area contributed by atoms with Crippen molar-refractivity contribution in [3.05, 3.63) is 34.9 Å². The fourth-order valence-corrected chi connectivity index (χ4v) is 2.14. The van der Waals surface area contributed by atoms with E-state index < -0.39 is 6.04 Å². The lowest BCUT2D eigenvalue weighted by atomic mass is 10.1. The van der Waals surface area contributed by atoms with Gasteiger partial charge in [0.05, 0.1) is 19.2 Å². The number of hydrogen-bond donors (Lipinski definition) is 1. The Morgan fingerprint density at radius 1 is 1.47 bits per heavy atom. The largest absolute Gasteiger partial charge is 0.370 e. The molecule has 2 N–H and O–H groups in total. The van der Waals surface area contributed by atoms with Gasteiger partial charge < -0.3 is 15.4 Å². The van der Waals surface area contributed by atoms with Crippen LogP contribution < -0.4 is 5.73 Å². The average Bonchev–Trinajstić information content (AvgIpc) is 2.38. The minimum atomic E-state index is -0.464. The first kappa shape index (κ1) is 16.2. The number of amides is 1. The van der Waals surface area contributed by atoms with Crippen molar-refractivity contribution in [1.29, 1.82) is 0 Å². The Morgan fingerprint density at radius 2 is 2.11 bits per heavy atom. The molecule has 1 aromatic rings. The number of hydrogen-bond acceptors (Lipinski definition) is 3. The van der Waals surface area contributed by atoms with Crippen LogP contribution in [0.2, 0.25) is 5.02 Å². The van der Waals surface area contributed by atoms with Gasteiger partial charge >= 0.3 is 0 Å². The van der Waals surface area contributed by atoms with Crippen molar-refractivity contribution in [3.63, 3.8) is 0 Å². The Morgan fingerprint density at radius 3 is 2.68 bits per heavy atom. The minimum absolute atomic E-state index is 0. The van der Waals surface area contributed by atoms with E-state index in [4.69, 9.17) is 22.1 Å². The summed E-state index contributed by atoms with van der Waals surface area (Å²) < 4.78 is 5.69. The van der Waals surface area contributed by atoms with Crippen molar-refractivity contribution in [2.75, 3.05) is 19.7 Å². The van der Waals surface area contributed by atoms with Crippen LogP contribution in [-0.4, -0.2) is 36.5 Å². The maximum atomic E-state index is 11.9. The number of nitrogens with zero attached hydrogens (tertiary/aromatic N) is 1. The lowest BCUT2D eigenvalue weighted by Gasteiger charge is -2.34. The molecule has 1 fully saturated rings. The van der Waals surface area contributed by atoms with Crippen molar-refractivity contribution < 1.29 is 9.53 Å². The first-order chi connectivity index (χ1) is 8.58. The second-order valence-electron chi connectivity index (χ2n) is 4.48. The standard InChI is InChI=1S/C13H17ClN2O2.ClH/c1-9(15)13(17)16-6-7-18-12(8-16)10-2-4-11(14)5-3-10;/h2-5,9,12H,6-8,15H2,1H3;1H/t9-,12?;/m1./s1. The van der Waals surface area contributed by atoms with E-state index in [0.29, 0.717) is 24.7 Å². The molecule has 1 unspecified atom stereocenters. The highest BCUT2D eigenvalue weighted by Gasteiger charge is 2.26. The average molecular weight is 305 g/mol. The molecule has 0 aromatic heterocycles. The Kier molecular flexibility index (Phi) is 6.07. The van der Waals surface area contributed by atoms with Crippen LogP contribution in [0.25, 0.3) is 0 Å². The third kappa shape index (κ3) is 4.08. The van der Waals surface area contributed by atoms with Crippen molar-refractivity contribution in [2.24, 2.45) is 5.73 Å². The summed E-state index contributed by atoms with van der Waals surface area (Å²) in [6, 6.07) is 7.03. The van der Waals surface area contributed by atoms with E-state index in [1.54, 1.807) is 11.8 Å². The molecule has 1 aromatic carbocycles. The number of morpholine rings is 1. The third-order valence-corrected chi connectivity index (χ3v) is 3.26. The van der Waals surface area contributed by atoms with E-state index in [9.17, 15) is 4.79 Å². The molecule has 1 saturated heterocycles. The van der Waals surface area contributed by atoms with Crippen molar-refractivity contribution in [1.82, 2.24) is 4.90 Å². The monoisotopic (exact) mass is 304 g/mol. The summed E-state index contributed by atoms with van der Waals surface area (Å²) in [5, 5.41) is 0.693. The normalized spacial score (nSPS) is 20.6. The maximum absolute atomic E-state index is 11.9. The van der Waals surface area contributed by atoms with Gasteiger partial charge in [-0.25, -0.2) is 0 Å². The lowest BCUT2D eigenvalue weighted by molar-refractivity contribution is -0.140. The molecule has 2 atom stereocenters. The van der Waals surface area contributed by atoms with E-state index in [0.717, 1.165) is 5.56 Å². The second kappa shape index (κ2) is 7.10. The van der Waals surface area contributed by atoms with Gasteiger partial charge in [0.1, 0.15) is 6.10 Å². The molecule has 19 heavy (non-hydrogen) atoms. The van der Waals surface area contributed by atoms with E-state index >= 15 is 0 Å². The van der Waals surface area contributed by atoms with E-state index in [1.807, 2.05) is 24.3 Å². The molecule has 1 heterocycles. The Labute approximate surface area is 124 Å². The molecule has 1 aliphatic rings. The van der Waals surface area contributed by atoms with Gasteiger partial charge in [-0.3, -0.25) is 4.79 Å². The van der Waals surface area contributed by atoms with Gasteiger partial charge in [-0.15, -0.1) is 12.4 Å². The summed E-state index contributed by atoms with van der Waals surface area (Å²) in [7, 11) is 0. The predicted octanol–water partition coefficient (Wildman–Crippen LogP) is 2.01. The zero-order valence-electron chi connectivity index (χ0n) is 10.7. The number of carbonyl (C=O) groups excluding carboxylic acids is 1. The zero-order valence-corrected chi connectivity index (χ0v) is 12.3. The summed E-state index contributed by atoms with van der Waals surface area (Å²) in [6.07, 6.45) is -0.0984. The van der Waals surface area contributed by atoms with Crippen LogP contribution in [0.4, 0.5) is 0 Å². The molecule has 1 amide bonds. The van der Waals surface area contributed by atoms with E-state index in [-0.39, 0.29) is 24.4 Å². The van der Waals surface area contributed by atoms with Crippen molar-refractivity contribution in [2.45, 2.75) is 19.1 Å². The SMILES string of the molecule is C[C@@H](N)C(=O)N1CCOC(c2ccc(Cl)cc2)C1.Cl. The Hall–Kier alpha value is -0.810. The quantitative estimate of drug-likeness (QED) is 0.909. The van der Waals surface area contributed by atoms with E-state index in [1.165, 1.54) is 0 Å². The molecule has 0 aliphatic carbocycles. The van der Waals surface area contributed by atoms with Crippen LogP contribution in [0.15, 0.2) is 24.3 Å². The summed E-state index contributed by atoms with van der Waals surface area (Å²) >= 11 is 5.85. The van der Waals surface area contributed by atoms with Gasteiger partial charge in [0, 0.05) is 11.6 Å². The molecule has 2 rings (SSSR count). The van der Waals surface area contributed by atoms with Gasteiger partial charge in [0.2, 0.25) is 5.91 Å². The molecule has 0 bridgehead atoms. The van der Waals surface area contributed by atoms with Gasteiger partial charge in [-0.05, 0) is 24.6 Å². The molecular formula is C13H18Cl2N2O2. The maximum Gasteiger partial charge on any atom is 0.239 e. The molecule has 1 aliphatic heterocycles. The van der Waals surface area contributed by atoms with Crippen LogP contribution >= 0.6 is 24.0 Å². The molecule has 0 saturated carbocycles. The van der Waals surface area contributed by atoms with Crippen molar-refractivity contribution in [3.8, 4) is 0 Å². The summed E-state index contributed by atoms with van der Waals surface area (Å²) in [4.78, 5) is 13.6. The number of rotatable bonds is 2. The number of nitrogens with two attached hydrogens (primary N) is 1. The summed E-state index contributed by atoms with van der Waals surface area (Å²) in [5.74, 6) is -0.0303. The van der Waals surface area contributed by atoms with Crippen molar-refractivity contribution >= 4 is 29.9 Å². The summed E-state index contributed by atoms with van der Waals surface area (Å²) in [6.45, 7) is 3.38. The molecular weight excluding hydrogens is 287 g/mol. The van der Waals surface area contributed by atoms with Crippen LogP contribution in [0.1, 0.15) is 18.6 Å². The number of halogens is 2. The molecule has 6 heteroatoms. The molecule has 106 valence electrons. The lowest BCUT2D eigenvalue weighted by Crippen LogP contribution is -2.48. The molecule has 0 radical (unpaired) electrons. The first-order valence-corrected chi connectivity index (χ1v) is 6.37. The number of benzene rings is 1. The fourth-order valence-electron chi connectivity index (χ4n) is 2.02. The Balaban J connectivity index is 0.00000180. The van der Waals surface area contributed by atoms with Crippen LogP contribution in [0, 0.1) is 0 Å².